The fourth-order valence-corrected chi connectivity index (χ4v) is 1.36. The van der Waals surface area contributed by atoms with E-state index in [1.54, 1.807) is 0 Å². The summed E-state index contributed by atoms with van der Waals surface area (Å²) in [5, 5.41) is 8.50. The van der Waals surface area contributed by atoms with Crippen molar-refractivity contribution in [2.75, 3.05) is 32.6 Å². The van der Waals surface area contributed by atoms with E-state index in [1.165, 1.54) is 7.11 Å². The zero-order valence-corrected chi connectivity index (χ0v) is 9.81. The molecular weight excluding hydrogens is 263 g/mol. The number of carbonyl (C=O) groups is 2. The highest BCUT2D eigenvalue weighted by molar-refractivity contribution is 8.00. The molecular formula is C8H12F3NO4S. The normalized spacial score (nSPS) is 11.3. The first kappa shape index (κ1) is 16.0. The van der Waals surface area contributed by atoms with Crippen LogP contribution >= 0.6 is 11.8 Å². The van der Waals surface area contributed by atoms with Gasteiger partial charge in [-0.1, -0.05) is 0 Å². The number of hydrogen-bond acceptors (Lipinski definition) is 4. The molecule has 0 aliphatic rings. The summed E-state index contributed by atoms with van der Waals surface area (Å²) in [7, 11) is 1.34. The zero-order valence-electron chi connectivity index (χ0n) is 8.99. The van der Waals surface area contributed by atoms with Crippen LogP contribution in [0.4, 0.5) is 13.2 Å². The Kier molecular flexibility index (Phi) is 6.97. The van der Waals surface area contributed by atoms with Crippen LogP contribution in [0.1, 0.15) is 0 Å². The minimum atomic E-state index is -4.51. The van der Waals surface area contributed by atoms with Gasteiger partial charge in [-0.05, 0) is 11.8 Å². The number of methoxy groups -OCH3 is 1. The lowest BCUT2D eigenvalue weighted by Gasteiger charge is -2.20. The highest BCUT2D eigenvalue weighted by Crippen LogP contribution is 2.30. The van der Waals surface area contributed by atoms with Crippen molar-refractivity contribution in [3.63, 3.8) is 0 Å². The van der Waals surface area contributed by atoms with Crippen molar-refractivity contribution in [1.82, 2.24) is 4.90 Å². The molecule has 0 saturated carbocycles. The Balaban J connectivity index is 4.26. The van der Waals surface area contributed by atoms with E-state index in [0.29, 0.717) is 0 Å². The summed E-state index contributed by atoms with van der Waals surface area (Å²) >= 11 is -0.494. The molecule has 0 rings (SSSR count). The smallest absolute Gasteiger partial charge is 0.442 e. The number of rotatable bonds is 7. The summed E-state index contributed by atoms with van der Waals surface area (Å²) in [6.07, 6.45) is 0. The van der Waals surface area contributed by atoms with Crippen molar-refractivity contribution in [3.8, 4) is 0 Å². The predicted octanol–water partition coefficient (Wildman–Crippen LogP) is 0.799. The average Bonchev–Trinajstić information content (AvgIpc) is 2.19. The SMILES string of the molecule is COCCN(CC(=O)O)C(=O)CSC(F)(F)F. The minimum absolute atomic E-state index is 0.0555. The molecule has 5 nitrogen and oxygen atoms in total. The van der Waals surface area contributed by atoms with Crippen molar-refractivity contribution < 1.29 is 32.6 Å². The largest absolute Gasteiger partial charge is 0.480 e. The molecule has 0 aromatic rings. The van der Waals surface area contributed by atoms with Crippen LogP contribution in [0.3, 0.4) is 0 Å². The van der Waals surface area contributed by atoms with Crippen LogP contribution in [-0.2, 0) is 14.3 Å². The van der Waals surface area contributed by atoms with Crippen molar-refractivity contribution >= 4 is 23.6 Å². The molecule has 0 bridgehead atoms. The molecule has 17 heavy (non-hydrogen) atoms. The first-order chi connectivity index (χ1) is 7.76. The number of alkyl halides is 3. The number of ether oxygens (including phenoxy) is 1. The number of carbonyl (C=O) groups excluding carboxylic acids is 1. The molecule has 0 saturated heterocycles. The number of hydrogen-bond donors (Lipinski definition) is 1. The molecule has 100 valence electrons. The maximum atomic E-state index is 11.8. The van der Waals surface area contributed by atoms with E-state index in [1.807, 2.05) is 0 Å². The van der Waals surface area contributed by atoms with E-state index < -0.39 is 41.4 Å². The molecule has 0 aliphatic carbocycles. The number of carboxylic acid groups (broad SMARTS) is 1. The Hall–Kier alpha value is -0.960. The highest BCUT2D eigenvalue weighted by Gasteiger charge is 2.30. The number of nitrogens with zero attached hydrogens (tertiary/aromatic N) is 1. The number of thioether (sulfide) groups is 1. The van der Waals surface area contributed by atoms with Gasteiger partial charge in [0.1, 0.15) is 6.54 Å². The number of amides is 1. The van der Waals surface area contributed by atoms with Crippen molar-refractivity contribution in [2.24, 2.45) is 0 Å². The van der Waals surface area contributed by atoms with E-state index in [0.717, 1.165) is 4.90 Å². The molecule has 0 heterocycles. The van der Waals surface area contributed by atoms with Crippen molar-refractivity contribution in [3.05, 3.63) is 0 Å². The van der Waals surface area contributed by atoms with E-state index in [2.05, 4.69) is 4.74 Å². The molecule has 0 spiro atoms. The standard InChI is InChI=1S/C8H12F3NO4S/c1-16-3-2-12(4-7(14)15)6(13)5-17-8(9,10)11/h2-5H2,1H3,(H,14,15). The second-order valence-electron chi connectivity index (χ2n) is 2.94. The van der Waals surface area contributed by atoms with Gasteiger partial charge >= 0.3 is 11.5 Å². The average molecular weight is 275 g/mol. The van der Waals surface area contributed by atoms with Gasteiger partial charge in [-0.2, -0.15) is 13.2 Å². The second-order valence-corrected chi connectivity index (χ2v) is 3.98. The maximum absolute atomic E-state index is 11.8. The molecule has 0 aromatic heterocycles. The Bertz CT molecular complexity index is 272. The molecule has 0 radical (unpaired) electrons. The fourth-order valence-electron chi connectivity index (χ4n) is 0.892. The van der Waals surface area contributed by atoms with Crippen molar-refractivity contribution in [1.29, 1.82) is 0 Å². The Morgan fingerprint density at radius 1 is 1.41 bits per heavy atom. The lowest BCUT2D eigenvalue weighted by molar-refractivity contribution is -0.143. The van der Waals surface area contributed by atoms with Crippen LogP contribution in [-0.4, -0.2) is 60.0 Å². The molecule has 0 aliphatic heterocycles. The highest BCUT2D eigenvalue weighted by atomic mass is 32.2. The molecule has 0 atom stereocenters. The van der Waals surface area contributed by atoms with E-state index in [9.17, 15) is 22.8 Å². The van der Waals surface area contributed by atoms with Gasteiger partial charge in [0.15, 0.2) is 0 Å². The Morgan fingerprint density at radius 3 is 2.41 bits per heavy atom. The Morgan fingerprint density at radius 2 is 2.00 bits per heavy atom. The van der Waals surface area contributed by atoms with Crippen LogP contribution in [0.15, 0.2) is 0 Å². The summed E-state index contributed by atoms with van der Waals surface area (Å²) in [6, 6.07) is 0. The summed E-state index contributed by atoms with van der Waals surface area (Å²) in [5.41, 5.74) is -4.51. The van der Waals surface area contributed by atoms with Gasteiger partial charge in [-0.25, -0.2) is 0 Å². The summed E-state index contributed by atoms with van der Waals surface area (Å²) < 4.78 is 40.2. The van der Waals surface area contributed by atoms with Gasteiger partial charge in [0.05, 0.1) is 12.4 Å². The third-order valence-corrected chi connectivity index (χ3v) is 2.32. The third kappa shape index (κ3) is 8.81. The van der Waals surface area contributed by atoms with E-state index in [4.69, 9.17) is 5.11 Å². The van der Waals surface area contributed by atoms with Gasteiger partial charge in [0.2, 0.25) is 5.91 Å². The van der Waals surface area contributed by atoms with Gasteiger partial charge in [0.25, 0.3) is 0 Å². The summed E-state index contributed by atoms with van der Waals surface area (Å²) in [6.45, 7) is -0.629. The van der Waals surface area contributed by atoms with Gasteiger partial charge in [-0.15, -0.1) is 0 Å². The molecule has 0 unspecified atom stereocenters. The topological polar surface area (TPSA) is 66.8 Å². The quantitative estimate of drug-likeness (QED) is 0.744. The zero-order chi connectivity index (χ0) is 13.5. The number of halogens is 3. The van der Waals surface area contributed by atoms with Crippen LogP contribution < -0.4 is 0 Å². The lowest BCUT2D eigenvalue weighted by Crippen LogP contribution is -2.39. The molecule has 0 aromatic carbocycles. The van der Waals surface area contributed by atoms with Crippen LogP contribution in [0, 0.1) is 0 Å². The maximum Gasteiger partial charge on any atom is 0.442 e. The molecule has 1 N–H and O–H groups in total. The van der Waals surface area contributed by atoms with Crippen LogP contribution in [0.25, 0.3) is 0 Å². The Labute approximate surface area is 99.9 Å². The lowest BCUT2D eigenvalue weighted by atomic mass is 10.4. The van der Waals surface area contributed by atoms with Crippen LogP contribution in [0.2, 0.25) is 0 Å². The number of aliphatic carboxylic acids is 1. The minimum Gasteiger partial charge on any atom is -0.480 e. The number of carboxylic acids is 1. The summed E-state index contributed by atoms with van der Waals surface area (Å²) in [4.78, 5) is 22.5. The van der Waals surface area contributed by atoms with E-state index >= 15 is 0 Å². The fraction of sp³-hybridized carbons (Fsp3) is 0.750. The monoisotopic (exact) mass is 275 g/mol. The summed E-state index contributed by atoms with van der Waals surface area (Å²) in [5.74, 6) is -3.00. The molecule has 1 amide bonds. The third-order valence-electron chi connectivity index (χ3n) is 1.60. The van der Waals surface area contributed by atoms with Crippen molar-refractivity contribution in [2.45, 2.75) is 5.51 Å². The van der Waals surface area contributed by atoms with Gasteiger partial charge in [0, 0.05) is 13.7 Å². The first-order valence-electron chi connectivity index (χ1n) is 4.45. The molecule has 9 heteroatoms. The van der Waals surface area contributed by atoms with Crippen LogP contribution in [0.5, 0.6) is 0 Å². The second kappa shape index (κ2) is 7.38. The predicted molar refractivity (Wildman–Crippen MR) is 54.6 cm³/mol. The van der Waals surface area contributed by atoms with E-state index in [-0.39, 0.29) is 13.2 Å². The van der Waals surface area contributed by atoms with Gasteiger partial charge < -0.3 is 14.7 Å². The molecule has 0 fully saturated rings. The first-order valence-corrected chi connectivity index (χ1v) is 5.44. The van der Waals surface area contributed by atoms with Gasteiger partial charge in [-0.3, -0.25) is 9.59 Å².